The van der Waals surface area contributed by atoms with Gasteiger partial charge in [0.15, 0.2) is 0 Å². The number of hydrogen-bond donors (Lipinski definition) is 0. The van der Waals surface area contributed by atoms with Gasteiger partial charge in [-0.1, -0.05) is 165 Å². The fourth-order valence-corrected chi connectivity index (χ4v) is 9.24. The lowest BCUT2D eigenvalue weighted by Gasteiger charge is -2.28. The van der Waals surface area contributed by atoms with Crippen LogP contribution in [0.4, 0.5) is 0 Å². The fourth-order valence-electron chi connectivity index (χ4n) is 5.72. The first-order chi connectivity index (χ1) is 23.5. The third-order valence-electron chi connectivity index (χ3n) is 8.95. The molecule has 0 heterocycles. The van der Waals surface area contributed by atoms with Crippen molar-refractivity contribution < 1.29 is 14.2 Å². The molecule has 0 aliphatic carbocycles. The minimum Gasteiger partial charge on any atom is -0.490 e. The summed E-state index contributed by atoms with van der Waals surface area (Å²) < 4.78 is 22.2. The predicted octanol–water partition coefficient (Wildman–Crippen LogP) is 16.0. The molecule has 49 heavy (non-hydrogen) atoms. The number of hydrogen-bond acceptors (Lipinski definition) is 3. The molecule has 2 unspecified atom stereocenters. The molecule has 0 saturated heterocycles. The van der Waals surface area contributed by atoms with Gasteiger partial charge >= 0.3 is 0 Å². The molecule has 10 heteroatoms. The Morgan fingerprint density at radius 3 is 1.29 bits per heavy atom. The van der Waals surface area contributed by atoms with E-state index in [2.05, 4.69) is 157 Å². The lowest BCUT2D eigenvalue weighted by molar-refractivity contribution is 0.0335. The van der Waals surface area contributed by atoms with E-state index in [0.717, 1.165) is 64.2 Å². The van der Waals surface area contributed by atoms with Crippen LogP contribution in [-0.2, 0) is 10.2 Å². The van der Waals surface area contributed by atoms with E-state index in [-0.39, 0.29) is 16.3 Å². The SMILES string of the molecule is CCCCCCCCCCCCCCCCCCOC(CBr)COc1c(Br)cc(C(C)(C)c2cc(Br)c(OCC(Br)CBr)c(Br)c2)cc1Br. The Morgan fingerprint density at radius 2 is 0.918 bits per heavy atom. The van der Waals surface area contributed by atoms with Gasteiger partial charge in [-0.15, -0.1) is 0 Å². The zero-order valence-electron chi connectivity index (χ0n) is 29.7. The lowest BCUT2D eigenvalue weighted by Crippen LogP contribution is -2.24. The molecule has 0 N–H and O–H groups in total. The quantitative estimate of drug-likeness (QED) is 0.0628. The summed E-state index contributed by atoms with van der Waals surface area (Å²) in [6.07, 6.45) is 22.0. The van der Waals surface area contributed by atoms with E-state index in [0.29, 0.717) is 13.2 Å². The molecule has 2 aromatic carbocycles. The molecular formula is C39H57Br7O3. The Morgan fingerprint density at radius 1 is 0.551 bits per heavy atom. The highest BCUT2D eigenvalue weighted by Crippen LogP contribution is 2.44. The van der Waals surface area contributed by atoms with Gasteiger partial charge in [-0.3, -0.25) is 0 Å². The van der Waals surface area contributed by atoms with Gasteiger partial charge in [0.05, 0.1) is 22.7 Å². The molecular weight excluding hydrogens is 1080 g/mol. The van der Waals surface area contributed by atoms with Crippen LogP contribution < -0.4 is 9.47 Å². The molecule has 280 valence electrons. The summed E-state index contributed by atoms with van der Waals surface area (Å²) in [7, 11) is 0. The maximum atomic E-state index is 6.30. The summed E-state index contributed by atoms with van der Waals surface area (Å²) >= 11 is 25.8. The smallest absolute Gasteiger partial charge is 0.147 e. The van der Waals surface area contributed by atoms with Crippen molar-refractivity contribution in [1.29, 1.82) is 0 Å². The molecule has 0 aliphatic heterocycles. The average Bonchev–Trinajstić information content (AvgIpc) is 3.07. The second-order valence-electron chi connectivity index (χ2n) is 13.5. The third-order valence-corrected chi connectivity index (χ3v) is 14.3. The average molecular weight is 1130 g/mol. The Hall–Kier alpha value is 1.36. The van der Waals surface area contributed by atoms with Crippen molar-refractivity contribution in [3.63, 3.8) is 0 Å². The van der Waals surface area contributed by atoms with Crippen LogP contribution in [0.3, 0.4) is 0 Å². The lowest BCUT2D eigenvalue weighted by atomic mass is 9.78. The highest BCUT2D eigenvalue weighted by atomic mass is 79.9. The van der Waals surface area contributed by atoms with E-state index in [1.54, 1.807) is 0 Å². The monoisotopic (exact) mass is 1130 g/mol. The van der Waals surface area contributed by atoms with Crippen LogP contribution in [0.5, 0.6) is 11.5 Å². The van der Waals surface area contributed by atoms with Crippen LogP contribution >= 0.6 is 112 Å². The van der Waals surface area contributed by atoms with Gasteiger partial charge in [-0.25, -0.2) is 0 Å². The summed E-state index contributed by atoms with van der Waals surface area (Å²) in [5.74, 6) is 1.59. The van der Waals surface area contributed by atoms with Crippen molar-refractivity contribution in [1.82, 2.24) is 0 Å². The molecule has 0 spiro atoms. The van der Waals surface area contributed by atoms with Crippen molar-refractivity contribution in [2.24, 2.45) is 0 Å². The third kappa shape index (κ3) is 18.0. The highest BCUT2D eigenvalue weighted by molar-refractivity contribution is 9.12. The molecule has 2 aromatic rings. The first-order valence-electron chi connectivity index (χ1n) is 18.2. The van der Waals surface area contributed by atoms with Gasteiger partial charge in [-0.05, 0) is 106 Å². The summed E-state index contributed by atoms with van der Waals surface area (Å²) in [6.45, 7) is 8.56. The molecule has 3 nitrogen and oxygen atoms in total. The van der Waals surface area contributed by atoms with Gasteiger partial charge in [0, 0.05) is 22.7 Å². The number of ether oxygens (including phenoxy) is 3. The number of alkyl halides is 3. The minimum absolute atomic E-state index is 0.00367. The maximum Gasteiger partial charge on any atom is 0.147 e. The maximum absolute atomic E-state index is 6.30. The van der Waals surface area contributed by atoms with Gasteiger partial charge in [0.25, 0.3) is 0 Å². The Bertz CT molecular complexity index is 1150. The summed E-state index contributed by atoms with van der Waals surface area (Å²) in [5, 5.41) is 1.56. The zero-order chi connectivity index (χ0) is 36.1. The first kappa shape index (κ1) is 46.5. The fraction of sp³-hybridized carbons (Fsp3) is 0.692. The Balaban J connectivity index is 1.72. The normalized spacial score (nSPS) is 13.1. The van der Waals surface area contributed by atoms with Crippen LogP contribution in [0.15, 0.2) is 42.2 Å². The van der Waals surface area contributed by atoms with Crippen LogP contribution in [0.2, 0.25) is 0 Å². The molecule has 0 amide bonds. The van der Waals surface area contributed by atoms with E-state index < -0.39 is 0 Å². The number of benzene rings is 2. The largest absolute Gasteiger partial charge is 0.490 e. The van der Waals surface area contributed by atoms with Gasteiger partial charge < -0.3 is 14.2 Å². The predicted molar refractivity (Wildman–Crippen MR) is 236 cm³/mol. The summed E-state index contributed by atoms with van der Waals surface area (Å²) in [4.78, 5) is 0.234. The topological polar surface area (TPSA) is 27.7 Å². The minimum atomic E-state index is -0.282. The molecule has 0 fully saturated rings. The Labute approximate surface area is 357 Å². The molecule has 0 aromatic heterocycles. The van der Waals surface area contributed by atoms with Gasteiger partial charge in [0.2, 0.25) is 0 Å². The van der Waals surface area contributed by atoms with Crippen LogP contribution in [0.25, 0.3) is 0 Å². The second-order valence-corrected chi connectivity index (χ2v) is 19.5. The van der Waals surface area contributed by atoms with E-state index in [9.17, 15) is 0 Å². The van der Waals surface area contributed by atoms with Crippen molar-refractivity contribution in [3.8, 4) is 11.5 Å². The summed E-state index contributed by atoms with van der Waals surface area (Å²) in [6, 6.07) is 8.58. The van der Waals surface area contributed by atoms with Crippen molar-refractivity contribution in [2.45, 2.75) is 140 Å². The Kier molecular flexibility index (Phi) is 25.7. The van der Waals surface area contributed by atoms with Crippen molar-refractivity contribution in [2.75, 3.05) is 30.5 Å². The van der Waals surface area contributed by atoms with Crippen LogP contribution in [0.1, 0.15) is 135 Å². The van der Waals surface area contributed by atoms with Gasteiger partial charge in [-0.2, -0.15) is 0 Å². The molecule has 2 rings (SSSR count). The van der Waals surface area contributed by atoms with E-state index in [1.807, 2.05) is 0 Å². The van der Waals surface area contributed by atoms with Crippen LogP contribution in [-0.4, -0.2) is 41.4 Å². The van der Waals surface area contributed by atoms with E-state index >= 15 is 0 Å². The second kappa shape index (κ2) is 27.0. The van der Waals surface area contributed by atoms with Gasteiger partial charge in [0.1, 0.15) is 30.8 Å². The standard InChI is InChI=1S/C39H57Br7O3/c1-4-5-6-7-8-9-10-11-12-13-14-15-16-17-18-19-20-47-32(26-41)28-49-38-35(45)23-30(24-36(38)46)39(2,3)29-21-33(43)37(34(44)22-29)48-27-31(42)25-40/h21-24,31-32H,4-20,25-28H2,1-3H3. The number of halogens is 7. The first-order valence-corrected chi connectivity index (χ1v) is 24.5. The molecule has 0 radical (unpaired) electrons. The molecule has 0 saturated carbocycles. The summed E-state index contributed by atoms with van der Waals surface area (Å²) in [5.41, 5.74) is 2.03. The molecule has 2 atom stereocenters. The van der Waals surface area contributed by atoms with E-state index in [1.165, 1.54) is 96.3 Å². The van der Waals surface area contributed by atoms with Crippen molar-refractivity contribution in [3.05, 3.63) is 53.3 Å². The molecule has 0 bridgehead atoms. The van der Waals surface area contributed by atoms with E-state index in [4.69, 9.17) is 14.2 Å². The number of unbranched alkanes of at least 4 members (excludes halogenated alkanes) is 15. The van der Waals surface area contributed by atoms with Crippen molar-refractivity contribution >= 4 is 112 Å². The highest BCUT2D eigenvalue weighted by Gasteiger charge is 2.28. The zero-order valence-corrected chi connectivity index (χ0v) is 40.8. The van der Waals surface area contributed by atoms with Crippen LogP contribution in [0, 0.1) is 0 Å². The molecule has 0 aliphatic rings. The number of rotatable bonds is 28.